The van der Waals surface area contributed by atoms with Crippen molar-refractivity contribution in [3.8, 4) is 0 Å². The molecule has 0 bridgehead atoms. The zero-order valence-electron chi connectivity index (χ0n) is 19.7. The third kappa shape index (κ3) is 8.88. The van der Waals surface area contributed by atoms with Gasteiger partial charge >= 0.3 is 11.9 Å². The number of aliphatic hydroxyl groups is 1. The Kier molecular flexibility index (Phi) is 11.0. The molecular weight excluding hydrogens is 428 g/mol. The lowest BCUT2D eigenvalue weighted by atomic mass is 9.95. The highest BCUT2D eigenvalue weighted by Crippen LogP contribution is 2.34. The quantitative estimate of drug-likeness (QED) is 0.241. The van der Waals surface area contributed by atoms with Crippen LogP contribution in [0.15, 0.2) is 42.5 Å². The molecule has 33 heavy (non-hydrogen) atoms. The molecule has 0 aliphatic carbocycles. The van der Waals surface area contributed by atoms with Gasteiger partial charge in [-0.3, -0.25) is 9.59 Å². The number of esters is 1. The van der Waals surface area contributed by atoms with Gasteiger partial charge in [-0.15, -0.1) is 0 Å². The lowest BCUT2D eigenvalue weighted by Crippen LogP contribution is -2.36. The largest absolute Gasteiger partial charge is 0.469 e. The highest BCUT2D eigenvalue weighted by molar-refractivity contribution is 5.86. The van der Waals surface area contributed by atoms with E-state index in [9.17, 15) is 23.5 Å². The Balaban J connectivity index is 1.79. The third-order valence-corrected chi connectivity index (χ3v) is 6.28. The van der Waals surface area contributed by atoms with Crippen LogP contribution in [0.4, 0.5) is 8.78 Å². The molecule has 1 aromatic carbocycles. The van der Waals surface area contributed by atoms with Gasteiger partial charge in [0.25, 0.3) is 5.91 Å². The molecule has 0 aromatic heterocycles. The first-order chi connectivity index (χ1) is 15.7. The Morgan fingerprint density at radius 2 is 1.91 bits per heavy atom. The standard InChI is InChI=1S/C26H37F2NO4/c1-20(11-10-14-21-12-6-5-7-13-21)23(30)17-16-22-19-26(27,28)25(32)29(22)18-9-4-3-8-15-24(31)33-2/h5-7,12-13,16-17,20,22-23,30H,3-4,8-11,14-15,18-19H2,1-2H3/t20?,22-,23?/m0/s1. The number of halogens is 2. The van der Waals surface area contributed by atoms with Gasteiger partial charge in [-0.2, -0.15) is 8.78 Å². The van der Waals surface area contributed by atoms with Crippen LogP contribution in [0, 0.1) is 5.92 Å². The number of carbonyl (C=O) groups is 2. The maximum atomic E-state index is 14.1. The van der Waals surface area contributed by atoms with Crippen molar-refractivity contribution < 1.29 is 28.2 Å². The van der Waals surface area contributed by atoms with E-state index >= 15 is 0 Å². The summed E-state index contributed by atoms with van der Waals surface area (Å²) in [4.78, 5) is 24.5. The molecule has 2 rings (SSSR count). The van der Waals surface area contributed by atoms with Gasteiger partial charge in [0.05, 0.1) is 19.3 Å². The van der Waals surface area contributed by atoms with Gasteiger partial charge in [-0.1, -0.05) is 62.2 Å². The summed E-state index contributed by atoms with van der Waals surface area (Å²) in [5.41, 5.74) is 1.25. The summed E-state index contributed by atoms with van der Waals surface area (Å²) < 4.78 is 32.7. The summed E-state index contributed by atoms with van der Waals surface area (Å²) in [6, 6.07) is 9.42. The van der Waals surface area contributed by atoms with Crippen LogP contribution in [-0.4, -0.2) is 53.6 Å². The van der Waals surface area contributed by atoms with Crippen LogP contribution in [0.2, 0.25) is 0 Å². The molecular formula is C26H37F2NO4. The van der Waals surface area contributed by atoms with E-state index in [4.69, 9.17) is 0 Å². The fourth-order valence-corrected chi connectivity index (χ4v) is 4.14. The van der Waals surface area contributed by atoms with Gasteiger partial charge in [-0.25, -0.2) is 0 Å². The van der Waals surface area contributed by atoms with Crippen LogP contribution in [0.25, 0.3) is 0 Å². The minimum Gasteiger partial charge on any atom is -0.469 e. The number of amides is 1. The second kappa shape index (κ2) is 13.4. The van der Waals surface area contributed by atoms with E-state index in [1.807, 2.05) is 25.1 Å². The van der Waals surface area contributed by atoms with Crippen LogP contribution < -0.4 is 0 Å². The Morgan fingerprint density at radius 3 is 2.61 bits per heavy atom. The molecule has 184 valence electrons. The van der Waals surface area contributed by atoms with Crippen molar-refractivity contribution in [2.45, 2.75) is 82.8 Å². The van der Waals surface area contributed by atoms with Crippen LogP contribution in [0.1, 0.15) is 63.9 Å². The number of hydrogen-bond donors (Lipinski definition) is 1. The molecule has 0 saturated carbocycles. The van der Waals surface area contributed by atoms with Gasteiger partial charge in [-0.05, 0) is 43.6 Å². The predicted molar refractivity (Wildman–Crippen MR) is 124 cm³/mol. The Hall–Kier alpha value is -2.28. The summed E-state index contributed by atoms with van der Waals surface area (Å²) in [5.74, 6) is -4.78. The van der Waals surface area contributed by atoms with Crippen molar-refractivity contribution in [1.29, 1.82) is 0 Å². The predicted octanol–water partition coefficient (Wildman–Crippen LogP) is 4.92. The van der Waals surface area contributed by atoms with Gasteiger partial charge in [0.2, 0.25) is 0 Å². The molecule has 0 spiro atoms. The fourth-order valence-electron chi connectivity index (χ4n) is 4.14. The molecule has 0 radical (unpaired) electrons. The van der Waals surface area contributed by atoms with E-state index in [2.05, 4.69) is 16.9 Å². The molecule has 5 nitrogen and oxygen atoms in total. The second-order valence-electron chi connectivity index (χ2n) is 8.95. The average Bonchev–Trinajstić information content (AvgIpc) is 3.02. The van der Waals surface area contributed by atoms with E-state index in [0.29, 0.717) is 19.3 Å². The van der Waals surface area contributed by atoms with E-state index in [1.54, 1.807) is 12.2 Å². The van der Waals surface area contributed by atoms with Gasteiger partial charge in [0.15, 0.2) is 0 Å². The molecule has 1 fully saturated rings. The number of methoxy groups -OCH3 is 1. The average molecular weight is 466 g/mol. The van der Waals surface area contributed by atoms with Crippen molar-refractivity contribution >= 4 is 11.9 Å². The Labute approximate surface area is 195 Å². The summed E-state index contributed by atoms with van der Waals surface area (Å²) in [6.07, 6.45) is 7.61. The molecule has 3 atom stereocenters. The summed E-state index contributed by atoms with van der Waals surface area (Å²) in [5, 5.41) is 10.5. The van der Waals surface area contributed by atoms with Crippen LogP contribution >= 0.6 is 0 Å². The van der Waals surface area contributed by atoms with E-state index < -0.39 is 30.4 Å². The van der Waals surface area contributed by atoms with E-state index in [1.165, 1.54) is 17.6 Å². The third-order valence-electron chi connectivity index (χ3n) is 6.28. The molecule has 1 aliphatic rings. The number of likely N-dealkylation sites (tertiary alicyclic amines) is 1. The first-order valence-corrected chi connectivity index (χ1v) is 11.9. The SMILES string of the molecule is COC(=O)CCCCCCN1C(=O)C(F)(F)C[C@@H]1C=CC(O)C(C)CCCc1ccccc1. The van der Waals surface area contributed by atoms with Crippen molar-refractivity contribution in [3.63, 3.8) is 0 Å². The molecule has 7 heteroatoms. The molecule has 1 amide bonds. The van der Waals surface area contributed by atoms with Crippen molar-refractivity contribution in [1.82, 2.24) is 4.90 Å². The number of carbonyl (C=O) groups excluding carboxylic acids is 2. The van der Waals surface area contributed by atoms with Gasteiger partial charge in [0.1, 0.15) is 0 Å². The summed E-state index contributed by atoms with van der Waals surface area (Å²) in [6.45, 7) is 2.19. The molecule has 1 aliphatic heterocycles. The normalized spacial score (nSPS) is 19.7. The number of nitrogens with zero attached hydrogens (tertiary/aromatic N) is 1. The van der Waals surface area contributed by atoms with Crippen LogP contribution in [-0.2, 0) is 20.7 Å². The minimum atomic E-state index is -3.37. The highest BCUT2D eigenvalue weighted by Gasteiger charge is 2.52. The number of aryl methyl sites for hydroxylation is 1. The number of ether oxygens (including phenoxy) is 1. The molecule has 1 N–H and O–H groups in total. The first-order valence-electron chi connectivity index (χ1n) is 11.9. The maximum Gasteiger partial charge on any atom is 0.327 e. The highest BCUT2D eigenvalue weighted by atomic mass is 19.3. The maximum absolute atomic E-state index is 14.1. The number of hydrogen-bond acceptors (Lipinski definition) is 4. The molecule has 1 saturated heterocycles. The lowest BCUT2D eigenvalue weighted by Gasteiger charge is -2.22. The zero-order valence-corrected chi connectivity index (χ0v) is 19.7. The second-order valence-corrected chi connectivity index (χ2v) is 8.95. The van der Waals surface area contributed by atoms with E-state index in [-0.39, 0.29) is 18.4 Å². The minimum absolute atomic E-state index is 0.00848. The Morgan fingerprint density at radius 1 is 1.21 bits per heavy atom. The first kappa shape index (κ1) is 27.0. The van der Waals surface area contributed by atoms with Crippen LogP contribution in [0.5, 0.6) is 0 Å². The number of benzene rings is 1. The number of aliphatic hydroxyl groups excluding tert-OH is 1. The fraction of sp³-hybridized carbons (Fsp3) is 0.615. The monoisotopic (exact) mass is 465 g/mol. The van der Waals surface area contributed by atoms with Crippen molar-refractivity contribution in [2.24, 2.45) is 5.92 Å². The Bertz CT molecular complexity index is 769. The smallest absolute Gasteiger partial charge is 0.327 e. The molecule has 1 aromatic rings. The number of rotatable bonds is 14. The number of unbranched alkanes of at least 4 members (excludes halogenated alkanes) is 3. The molecule has 2 unspecified atom stereocenters. The van der Waals surface area contributed by atoms with Crippen LogP contribution in [0.3, 0.4) is 0 Å². The lowest BCUT2D eigenvalue weighted by molar-refractivity contribution is -0.148. The summed E-state index contributed by atoms with van der Waals surface area (Å²) >= 11 is 0. The topological polar surface area (TPSA) is 66.8 Å². The van der Waals surface area contributed by atoms with Gasteiger partial charge < -0.3 is 14.7 Å². The van der Waals surface area contributed by atoms with E-state index in [0.717, 1.165) is 32.1 Å². The summed E-state index contributed by atoms with van der Waals surface area (Å²) in [7, 11) is 1.34. The van der Waals surface area contributed by atoms with Gasteiger partial charge in [0, 0.05) is 19.4 Å². The number of alkyl halides is 2. The van der Waals surface area contributed by atoms with Crippen molar-refractivity contribution in [2.75, 3.05) is 13.7 Å². The van der Waals surface area contributed by atoms with Crippen molar-refractivity contribution in [3.05, 3.63) is 48.0 Å². The zero-order chi connectivity index (χ0) is 24.3. The molecule has 1 heterocycles.